The van der Waals surface area contributed by atoms with Crippen LogP contribution >= 0.6 is 23.5 Å². The van der Waals surface area contributed by atoms with E-state index in [1.807, 2.05) is 31.2 Å². The molecule has 9 heteroatoms. The van der Waals surface area contributed by atoms with Crippen molar-refractivity contribution in [2.24, 2.45) is 0 Å². The van der Waals surface area contributed by atoms with Crippen LogP contribution in [0.5, 0.6) is 0 Å². The van der Waals surface area contributed by atoms with Gasteiger partial charge in [-0.1, -0.05) is 24.3 Å². The third kappa shape index (κ3) is 5.49. The average molecular weight is 419 g/mol. The van der Waals surface area contributed by atoms with Gasteiger partial charge in [0, 0.05) is 4.90 Å². The molecule has 1 heterocycles. The molecule has 2 aromatic carbocycles. The Hall–Kier alpha value is -2.52. The van der Waals surface area contributed by atoms with Crippen molar-refractivity contribution in [1.82, 2.24) is 20.8 Å². The van der Waals surface area contributed by atoms with Gasteiger partial charge in [0.2, 0.25) is 11.8 Å². The highest BCUT2D eigenvalue weighted by molar-refractivity contribution is 8.00. The monoisotopic (exact) mass is 418 g/mol. The lowest BCUT2D eigenvalue weighted by atomic mass is 10.3. The molecule has 0 fully saturated rings. The van der Waals surface area contributed by atoms with Crippen molar-refractivity contribution in [2.75, 3.05) is 11.5 Å². The van der Waals surface area contributed by atoms with E-state index in [2.05, 4.69) is 20.8 Å². The van der Waals surface area contributed by atoms with E-state index in [0.29, 0.717) is 4.90 Å². The Kier molecular flexibility index (Phi) is 6.94. The molecule has 0 spiro atoms. The Morgan fingerprint density at radius 2 is 1.75 bits per heavy atom. The second-order valence-electron chi connectivity index (χ2n) is 5.91. The number of hydrogen-bond donors (Lipinski definition) is 3. The Balaban J connectivity index is 1.39. The number of thioether (sulfide) groups is 2. The summed E-state index contributed by atoms with van der Waals surface area (Å²) in [6.07, 6.45) is 0. The maximum absolute atomic E-state index is 13.5. The van der Waals surface area contributed by atoms with Gasteiger partial charge in [-0.05, 0) is 31.2 Å². The minimum atomic E-state index is -0.406. The maximum atomic E-state index is 13.5. The number of H-pyrrole nitrogens is 1. The van der Waals surface area contributed by atoms with E-state index in [9.17, 15) is 14.0 Å². The summed E-state index contributed by atoms with van der Waals surface area (Å²) in [7, 11) is 0. The van der Waals surface area contributed by atoms with Gasteiger partial charge in [0.15, 0.2) is 0 Å². The van der Waals surface area contributed by atoms with E-state index >= 15 is 0 Å². The van der Waals surface area contributed by atoms with Crippen LogP contribution < -0.4 is 10.9 Å². The molecular formula is C19H19FN4O2S2. The lowest BCUT2D eigenvalue weighted by Gasteiger charge is -2.10. The van der Waals surface area contributed by atoms with Crippen molar-refractivity contribution in [1.29, 1.82) is 0 Å². The van der Waals surface area contributed by atoms with Crippen LogP contribution in [0.1, 0.15) is 18.0 Å². The Bertz CT molecular complexity index is 946. The number of fused-ring (bicyclic) bond motifs is 1. The molecule has 6 nitrogen and oxygen atoms in total. The van der Waals surface area contributed by atoms with Gasteiger partial charge >= 0.3 is 0 Å². The average Bonchev–Trinajstić information content (AvgIpc) is 3.14. The van der Waals surface area contributed by atoms with E-state index in [4.69, 9.17) is 0 Å². The van der Waals surface area contributed by atoms with E-state index in [1.165, 1.54) is 17.8 Å². The number of para-hydroxylation sites is 2. The molecule has 0 saturated carbocycles. The van der Waals surface area contributed by atoms with Crippen LogP contribution in [-0.4, -0.2) is 33.3 Å². The summed E-state index contributed by atoms with van der Waals surface area (Å²) in [5.74, 6) is -0.137. The predicted octanol–water partition coefficient (Wildman–Crippen LogP) is 3.44. The fourth-order valence-electron chi connectivity index (χ4n) is 2.36. The summed E-state index contributed by atoms with van der Waals surface area (Å²) in [4.78, 5) is 31.9. The number of aromatic nitrogens is 2. The molecule has 1 atom stereocenters. The van der Waals surface area contributed by atoms with Crippen molar-refractivity contribution in [3.8, 4) is 0 Å². The van der Waals surface area contributed by atoms with Crippen molar-refractivity contribution >= 4 is 46.4 Å². The van der Waals surface area contributed by atoms with Crippen LogP contribution in [0.4, 0.5) is 4.39 Å². The number of rotatable bonds is 7. The minimum Gasteiger partial charge on any atom is -0.341 e. The molecule has 0 aliphatic rings. The number of imidazole rings is 1. The molecule has 146 valence electrons. The number of hydrazine groups is 1. The van der Waals surface area contributed by atoms with Crippen molar-refractivity contribution in [3.63, 3.8) is 0 Å². The van der Waals surface area contributed by atoms with Gasteiger partial charge < -0.3 is 4.98 Å². The number of halogens is 1. The second kappa shape index (κ2) is 9.61. The number of nitrogens with one attached hydrogen (secondary N) is 3. The fourth-order valence-corrected chi connectivity index (χ4v) is 3.84. The lowest BCUT2D eigenvalue weighted by Crippen LogP contribution is -2.43. The van der Waals surface area contributed by atoms with Gasteiger partial charge in [-0.2, -0.15) is 0 Å². The highest BCUT2D eigenvalue weighted by Gasteiger charge is 2.14. The lowest BCUT2D eigenvalue weighted by molar-refractivity contribution is -0.126. The zero-order valence-corrected chi connectivity index (χ0v) is 16.7. The van der Waals surface area contributed by atoms with Crippen LogP contribution in [0.25, 0.3) is 11.0 Å². The van der Waals surface area contributed by atoms with Crippen molar-refractivity contribution in [3.05, 3.63) is 60.2 Å². The predicted molar refractivity (Wildman–Crippen MR) is 110 cm³/mol. The molecule has 3 N–H and O–H groups in total. The van der Waals surface area contributed by atoms with Gasteiger partial charge in [0.05, 0.1) is 27.8 Å². The SMILES string of the molecule is C[C@H](SCC(=O)NNC(=O)CSc1ccccc1F)c1nc2ccccc2[nH]1. The van der Waals surface area contributed by atoms with Crippen LogP contribution in [0.3, 0.4) is 0 Å². The number of nitrogens with zero attached hydrogens (tertiary/aromatic N) is 1. The number of benzene rings is 2. The normalized spacial score (nSPS) is 11.9. The summed E-state index contributed by atoms with van der Waals surface area (Å²) in [5, 5.41) is -0.00883. The third-order valence-corrected chi connectivity index (χ3v) is 5.99. The van der Waals surface area contributed by atoms with Crippen LogP contribution in [0.2, 0.25) is 0 Å². The molecule has 0 bridgehead atoms. The molecule has 3 rings (SSSR count). The Labute approximate surface area is 170 Å². The van der Waals surface area contributed by atoms with Gasteiger partial charge in [-0.25, -0.2) is 9.37 Å². The van der Waals surface area contributed by atoms with Gasteiger partial charge in [0.1, 0.15) is 11.6 Å². The van der Waals surface area contributed by atoms with E-state index in [0.717, 1.165) is 28.6 Å². The fraction of sp³-hybridized carbons (Fsp3) is 0.211. The quantitative estimate of drug-likeness (QED) is 0.404. The molecule has 0 radical (unpaired) electrons. The number of hydrogen-bond acceptors (Lipinski definition) is 5. The summed E-state index contributed by atoms with van der Waals surface area (Å²) >= 11 is 2.47. The minimum absolute atomic E-state index is 0.00371. The highest BCUT2D eigenvalue weighted by Crippen LogP contribution is 2.27. The van der Waals surface area contributed by atoms with Crippen LogP contribution in [-0.2, 0) is 9.59 Å². The van der Waals surface area contributed by atoms with E-state index in [1.54, 1.807) is 18.2 Å². The van der Waals surface area contributed by atoms with Gasteiger partial charge in [0.25, 0.3) is 0 Å². The summed E-state index contributed by atoms with van der Waals surface area (Å²) in [5.41, 5.74) is 6.54. The molecular weight excluding hydrogens is 399 g/mol. The number of carbonyl (C=O) groups is 2. The zero-order valence-electron chi connectivity index (χ0n) is 15.1. The molecule has 0 aliphatic heterocycles. The first-order valence-corrected chi connectivity index (χ1v) is 10.6. The standard InChI is InChI=1S/C19H19FN4O2S2/c1-12(19-21-14-7-3-4-8-15(14)22-19)27-10-17(25)23-24-18(26)11-28-16-9-5-2-6-13(16)20/h2-9,12H,10-11H2,1H3,(H,21,22)(H,23,25)(H,24,26)/t12-/m0/s1. The van der Waals surface area contributed by atoms with Crippen LogP contribution in [0.15, 0.2) is 53.4 Å². The number of carbonyl (C=O) groups excluding carboxylic acids is 2. The number of aromatic amines is 1. The first-order chi connectivity index (χ1) is 13.5. The maximum Gasteiger partial charge on any atom is 0.248 e. The van der Waals surface area contributed by atoms with Gasteiger partial charge in [-0.15, -0.1) is 23.5 Å². The Morgan fingerprint density at radius 3 is 2.50 bits per heavy atom. The molecule has 3 aromatic rings. The molecule has 0 saturated heterocycles. The van der Waals surface area contributed by atoms with E-state index < -0.39 is 5.91 Å². The molecule has 2 amide bonds. The molecule has 0 unspecified atom stereocenters. The Morgan fingerprint density at radius 1 is 1.07 bits per heavy atom. The first kappa shape index (κ1) is 20.2. The molecule has 28 heavy (non-hydrogen) atoms. The first-order valence-electron chi connectivity index (χ1n) is 8.54. The van der Waals surface area contributed by atoms with Crippen LogP contribution in [0, 0.1) is 5.82 Å². The summed E-state index contributed by atoms with van der Waals surface area (Å²) in [6.45, 7) is 1.96. The molecule has 1 aromatic heterocycles. The van der Waals surface area contributed by atoms with Crippen molar-refractivity contribution < 1.29 is 14.0 Å². The smallest absolute Gasteiger partial charge is 0.248 e. The van der Waals surface area contributed by atoms with Gasteiger partial charge in [-0.3, -0.25) is 20.4 Å². The topological polar surface area (TPSA) is 86.9 Å². The summed E-state index contributed by atoms with van der Waals surface area (Å²) < 4.78 is 13.5. The third-order valence-electron chi connectivity index (χ3n) is 3.79. The summed E-state index contributed by atoms with van der Waals surface area (Å²) in [6, 6.07) is 14.0. The highest BCUT2D eigenvalue weighted by atomic mass is 32.2. The number of amides is 2. The molecule has 0 aliphatic carbocycles. The largest absolute Gasteiger partial charge is 0.341 e. The zero-order chi connectivity index (χ0) is 19.9. The second-order valence-corrected chi connectivity index (χ2v) is 8.25. The van der Waals surface area contributed by atoms with E-state index in [-0.39, 0.29) is 28.5 Å². The van der Waals surface area contributed by atoms with Crippen molar-refractivity contribution in [2.45, 2.75) is 17.1 Å².